The summed E-state index contributed by atoms with van der Waals surface area (Å²) in [5.74, 6) is 2.70. The first-order valence-corrected chi connectivity index (χ1v) is 10.6. The Bertz CT molecular complexity index is 1060. The molecule has 32 heavy (non-hydrogen) atoms. The SMILES string of the molecule is COc1ccc(-c2cc(N3CCC[C@@H](NC(=O)c4ccc(OC)c(OC)c4)C3)n[nH]2)cc1. The van der Waals surface area contributed by atoms with E-state index in [-0.39, 0.29) is 11.9 Å². The van der Waals surface area contributed by atoms with E-state index in [2.05, 4.69) is 20.4 Å². The van der Waals surface area contributed by atoms with Crippen molar-refractivity contribution in [1.29, 1.82) is 0 Å². The number of anilines is 1. The highest BCUT2D eigenvalue weighted by molar-refractivity contribution is 5.95. The summed E-state index contributed by atoms with van der Waals surface area (Å²) in [5, 5.41) is 10.8. The van der Waals surface area contributed by atoms with Crippen LogP contribution in [0.25, 0.3) is 11.3 Å². The first kappa shape index (κ1) is 21.5. The minimum atomic E-state index is -0.126. The molecular formula is C24H28N4O4. The topological polar surface area (TPSA) is 88.7 Å². The lowest BCUT2D eigenvalue weighted by Crippen LogP contribution is -2.48. The zero-order valence-corrected chi connectivity index (χ0v) is 18.6. The number of nitrogens with zero attached hydrogens (tertiary/aromatic N) is 2. The van der Waals surface area contributed by atoms with Crippen LogP contribution in [0, 0.1) is 0 Å². The van der Waals surface area contributed by atoms with Crippen LogP contribution in [0.15, 0.2) is 48.5 Å². The van der Waals surface area contributed by atoms with Gasteiger partial charge in [-0.3, -0.25) is 9.89 Å². The number of aromatic nitrogens is 2. The van der Waals surface area contributed by atoms with Crippen LogP contribution in [0.2, 0.25) is 0 Å². The standard InChI is InChI=1S/C24H28N4O4/c1-30-19-9-6-16(7-10-19)20-14-23(27-26-20)28-12-4-5-18(15-28)25-24(29)17-8-11-21(31-2)22(13-17)32-3/h6-11,13-14,18H,4-5,12,15H2,1-3H3,(H,25,29)(H,26,27)/t18-/m1/s1. The van der Waals surface area contributed by atoms with E-state index in [0.717, 1.165) is 42.2 Å². The van der Waals surface area contributed by atoms with Crippen LogP contribution >= 0.6 is 0 Å². The van der Waals surface area contributed by atoms with Gasteiger partial charge < -0.3 is 24.4 Å². The molecule has 0 radical (unpaired) electrons. The molecule has 1 saturated heterocycles. The number of ether oxygens (including phenoxy) is 3. The monoisotopic (exact) mass is 436 g/mol. The van der Waals surface area contributed by atoms with Crippen LogP contribution in [-0.2, 0) is 0 Å². The van der Waals surface area contributed by atoms with Gasteiger partial charge in [0.05, 0.1) is 27.0 Å². The molecule has 0 aliphatic carbocycles. The van der Waals surface area contributed by atoms with Crippen LogP contribution in [0.1, 0.15) is 23.2 Å². The molecule has 2 aromatic carbocycles. The van der Waals surface area contributed by atoms with Crippen molar-refractivity contribution in [3.63, 3.8) is 0 Å². The average molecular weight is 437 g/mol. The summed E-state index contributed by atoms with van der Waals surface area (Å²) in [6, 6.07) is 15.1. The number of aromatic amines is 1. The van der Waals surface area contributed by atoms with Gasteiger partial charge in [0.2, 0.25) is 0 Å². The summed E-state index contributed by atoms with van der Waals surface area (Å²) < 4.78 is 15.8. The van der Waals surface area contributed by atoms with Gasteiger partial charge in [-0.05, 0) is 60.9 Å². The Hall–Kier alpha value is -3.68. The van der Waals surface area contributed by atoms with Gasteiger partial charge in [0, 0.05) is 30.8 Å². The number of methoxy groups -OCH3 is 3. The highest BCUT2D eigenvalue weighted by Gasteiger charge is 2.24. The summed E-state index contributed by atoms with van der Waals surface area (Å²) in [6.07, 6.45) is 1.90. The number of hydrogen-bond donors (Lipinski definition) is 2. The van der Waals surface area contributed by atoms with Crippen LogP contribution in [0.5, 0.6) is 17.2 Å². The number of rotatable bonds is 7. The lowest BCUT2D eigenvalue weighted by molar-refractivity contribution is 0.0932. The molecule has 1 atom stereocenters. The van der Waals surface area contributed by atoms with Gasteiger partial charge in [0.15, 0.2) is 17.3 Å². The van der Waals surface area contributed by atoms with Crippen molar-refractivity contribution in [1.82, 2.24) is 15.5 Å². The highest BCUT2D eigenvalue weighted by Crippen LogP contribution is 2.28. The quantitative estimate of drug-likeness (QED) is 0.589. The number of nitrogens with one attached hydrogen (secondary N) is 2. The molecule has 1 fully saturated rings. The smallest absolute Gasteiger partial charge is 0.251 e. The number of hydrogen-bond acceptors (Lipinski definition) is 6. The number of carbonyl (C=O) groups is 1. The summed E-state index contributed by atoms with van der Waals surface area (Å²) >= 11 is 0. The minimum Gasteiger partial charge on any atom is -0.497 e. The Labute approximate surface area is 187 Å². The Morgan fingerprint density at radius 2 is 1.81 bits per heavy atom. The van der Waals surface area contributed by atoms with Crippen molar-refractivity contribution in [2.75, 3.05) is 39.3 Å². The Morgan fingerprint density at radius 1 is 1.03 bits per heavy atom. The van der Waals surface area contributed by atoms with Gasteiger partial charge in [0.25, 0.3) is 5.91 Å². The van der Waals surface area contributed by atoms with Crippen molar-refractivity contribution in [3.05, 3.63) is 54.1 Å². The lowest BCUT2D eigenvalue weighted by atomic mass is 10.0. The van der Waals surface area contributed by atoms with Gasteiger partial charge in [-0.1, -0.05) is 0 Å². The molecule has 2 N–H and O–H groups in total. The third-order valence-corrected chi connectivity index (χ3v) is 5.69. The van der Waals surface area contributed by atoms with E-state index in [1.54, 1.807) is 39.5 Å². The molecule has 8 heteroatoms. The van der Waals surface area contributed by atoms with Gasteiger partial charge in [-0.15, -0.1) is 0 Å². The molecule has 0 unspecified atom stereocenters. The second kappa shape index (κ2) is 9.64. The van der Waals surface area contributed by atoms with E-state index in [0.29, 0.717) is 23.6 Å². The fraction of sp³-hybridized carbons (Fsp3) is 0.333. The number of benzene rings is 2. The van der Waals surface area contributed by atoms with Crippen molar-refractivity contribution in [3.8, 4) is 28.5 Å². The number of carbonyl (C=O) groups excluding carboxylic acids is 1. The molecule has 1 amide bonds. The lowest BCUT2D eigenvalue weighted by Gasteiger charge is -2.33. The predicted molar refractivity (Wildman–Crippen MR) is 123 cm³/mol. The Morgan fingerprint density at radius 3 is 2.53 bits per heavy atom. The molecule has 8 nitrogen and oxygen atoms in total. The maximum atomic E-state index is 12.8. The van der Waals surface area contributed by atoms with E-state index in [9.17, 15) is 4.79 Å². The molecule has 1 aliphatic rings. The number of H-pyrrole nitrogens is 1. The third kappa shape index (κ3) is 4.64. The fourth-order valence-corrected chi connectivity index (χ4v) is 3.94. The van der Waals surface area contributed by atoms with Crippen molar-refractivity contribution in [2.24, 2.45) is 0 Å². The summed E-state index contributed by atoms with van der Waals surface area (Å²) in [4.78, 5) is 15.0. The predicted octanol–water partition coefficient (Wildman–Crippen LogP) is 3.50. The van der Waals surface area contributed by atoms with Crippen molar-refractivity contribution in [2.45, 2.75) is 18.9 Å². The van der Waals surface area contributed by atoms with Gasteiger partial charge in [-0.25, -0.2) is 0 Å². The average Bonchev–Trinajstić information content (AvgIpc) is 3.34. The van der Waals surface area contributed by atoms with Gasteiger partial charge in [0.1, 0.15) is 5.75 Å². The minimum absolute atomic E-state index is 0.0329. The third-order valence-electron chi connectivity index (χ3n) is 5.69. The molecule has 168 valence electrons. The summed E-state index contributed by atoms with van der Waals surface area (Å²) in [7, 11) is 4.78. The van der Waals surface area contributed by atoms with E-state index in [1.807, 2.05) is 30.3 Å². The van der Waals surface area contributed by atoms with Crippen LogP contribution in [-0.4, -0.2) is 56.6 Å². The fourth-order valence-electron chi connectivity index (χ4n) is 3.94. The maximum Gasteiger partial charge on any atom is 0.251 e. The molecule has 0 spiro atoms. The first-order chi connectivity index (χ1) is 15.6. The Kier molecular flexibility index (Phi) is 6.49. The molecule has 0 saturated carbocycles. The number of amides is 1. The second-order valence-corrected chi connectivity index (χ2v) is 7.70. The van der Waals surface area contributed by atoms with Crippen LogP contribution in [0.3, 0.4) is 0 Å². The van der Waals surface area contributed by atoms with E-state index in [1.165, 1.54) is 0 Å². The first-order valence-electron chi connectivity index (χ1n) is 10.6. The summed E-state index contributed by atoms with van der Waals surface area (Å²) in [5.41, 5.74) is 2.53. The zero-order chi connectivity index (χ0) is 22.5. The number of piperidine rings is 1. The molecule has 1 aliphatic heterocycles. The molecule has 3 aromatic rings. The van der Waals surface area contributed by atoms with Crippen molar-refractivity contribution >= 4 is 11.7 Å². The molecule has 2 heterocycles. The van der Waals surface area contributed by atoms with E-state index in [4.69, 9.17) is 14.2 Å². The van der Waals surface area contributed by atoms with E-state index < -0.39 is 0 Å². The van der Waals surface area contributed by atoms with Crippen molar-refractivity contribution < 1.29 is 19.0 Å². The van der Waals surface area contributed by atoms with Gasteiger partial charge in [-0.2, -0.15) is 5.10 Å². The maximum absolute atomic E-state index is 12.8. The molecule has 0 bridgehead atoms. The van der Waals surface area contributed by atoms with Crippen LogP contribution < -0.4 is 24.4 Å². The second-order valence-electron chi connectivity index (χ2n) is 7.70. The Balaban J connectivity index is 1.41. The highest BCUT2D eigenvalue weighted by atomic mass is 16.5. The van der Waals surface area contributed by atoms with E-state index >= 15 is 0 Å². The molecular weight excluding hydrogens is 408 g/mol. The zero-order valence-electron chi connectivity index (χ0n) is 18.6. The molecule has 4 rings (SSSR count). The van der Waals surface area contributed by atoms with Crippen LogP contribution in [0.4, 0.5) is 5.82 Å². The largest absolute Gasteiger partial charge is 0.497 e. The molecule has 1 aromatic heterocycles. The summed E-state index contributed by atoms with van der Waals surface area (Å²) in [6.45, 7) is 1.60. The van der Waals surface area contributed by atoms with Gasteiger partial charge >= 0.3 is 0 Å². The normalized spacial score (nSPS) is 15.8.